The highest BCUT2D eigenvalue weighted by molar-refractivity contribution is 7.91. The van der Waals surface area contributed by atoms with Crippen molar-refractivity contribution < 1.29 is 53.8 Å². The van der Waals surface area contributed by atoms with Gasteiger partial charge in [-0.05, 0) is 18.2 Å². The lowest BCUT2D eigenvalue weighted by atomic mass is 10.2. The van der Waals surface area contributed by atoms with E-state index in [1.807, 2.05) is 0 Å². The zero-order chi connectivity index (χ0) is 24.5. The molecule has 4 N–H and O–H groups in total. The number of carbonyl (C=O) groups is 1. The Kier molecular flexibility index (Phi) is 6.89. The number of pyridine rings is 1. The van der Waals surface area contributed by atoms with E-state index >= 15 is 0 Å². The van der Waals surface area contributed by atoms with Gasteiger partial charge in [-0.2, -0.15) is 13.2 Å². The number of nitrogens with one attached hydrogen (secondary N) is 1. The van der Waals surface area contributed by atoms with Crippen LogP contribution in [-0.2, 0) is 9.84 Å². The van der Waals surface area contributed by atoms with Gasteiger partial charge in [-0.3, -0.25) is 4.79 Å². The number of benzene rings is 1. The molecule has 2 rings (SSSR count). The van der Waals surface area contributed by atoms with Gasteiger partial charge in [0.2, 0.25) is 9.84 Å². The van der Waals surface area contributed by atoms with Crippen molar-refractivity contribution >= 4 is 21.4 Å². The summed E-state index contributed by atoms with van der Waals surface area (Å²) in [7, 11) is -4.71. The fraction of sp³-hybridized carbons (Fsp3) is 0.250. The molecule has 8 nitrogen and oxygen atoms in total. The number of aromatic nitrogens is 1. The molecule has 176 valence electrons. The van der Waals surface area contributed by atoms with Gasteiger partial charge < -0.3 is 20.9 Å². The molecular formula is C16H12F7N3O5S. The Morgan fingerprint density at radius 3 is 2.31 bits per heavy atom. The first kappa shape index (κ1) is 25.1. The first-order valence-corrected chi connectivity index (χ1v) is 9.59. The molecule has 16 heteroatoms. The van der Waals surface area contributed by atoms with Crippen molar-refractivity contribution in [2.24, 2.45) is 0 Å². The van der Waals surface area contributed by atoms with Crippen molar-refractivity contribution in [3.8, 4) is 5.75 Å². The summed E-state index contributed by atoms with van der Waals surface area (Å²) in [5.74, 6) is -3.87. The zero-order valence-corrected chi connectivity index (χ0v) is 16.1. The number of rotatable bonds is 6. The Morgan fingerprint density at radius 2 is 1.81 bits per heavy atom. The van der Waals surface area contributed by atoms with E-state index in [2.05, 4.69) is 9.72 Å². The van der Waals surface area contributed by atoms with E-state index in [-0.39, 0.29) is 6.07 Å². The van der Waals surface area contributed by atoms with Crippen molar-refractivity contribution in [2.45, 2.75) is 28.4 Å². The summed E-state index contributed by atoms with van der Waals surface area (Å²) in [5.41, 5.74) is 4.20. The van der Waals surface area contributed by atoms with E-state index in [0.717, 1.165) is 0 Å². The van der Waals surface area contributed by atoms with E-state index in [9.17, 15) is 43.9 Å². The molecule has 1 aromatic carbocycles. The first-order valence-electron chi connectivity index (χ1n) is 8.11. The molecule has 0 aliphatic carbocycles. The largest absolute Gasteiger partial charge is 0.573 e. The Bertz CT molecular complexity index is 1120. The number of nitrogen functional groups attached to an aromatic ring is 1. The van der Waals surface area contributed by atoms with E-state index < -0.39 is 73.7 Å². The molecule has 0 bridgehead atoms. The monoisotopic (exact) mass is 491 g/mol. The summed E-state index contributed by atoms with van der Waals surface area (Å²) in [5, 5.41) is 10.6. The van der Waals surface area contributed by atoms with Crippen LogP contribution in [0.4, 0.5) is 36.4 Å². The molecule has 32 heavy (non-hydrogen) atoms. The summed E-state index contributed by atoms with van der Waals surface area (Å²) in [6.07, 6.45) is -12.5. The fourth-order valence-corrected chi connectivity index (χ4v) is 3.50. The number of aliphatic hydroxyl groups excluding tert-OH is 1. The van der Waals surface area contributed by atoms with Crippen LogP contribution in [0.15, 0.2) is 40.3 Å². The number of ether oxygens (including phenoxy) is 1. The summed E-state index contributed by atoms with van der Waals surface area (Å²) < 4.78 is 116. The van der Waals surface area contributed by atoms with Gasteiger partial charge in [0.25, 0.3) is 5.91 Å². The molecule has 1 aromatic heterocycles. The second-order valence-electron chi connectivity index (χ2n) is 6.02. The number of hydrogen-bond donors (Lipinski definition) is 3. The predicted molar refractivity (Wildman–Crippen MR) is 91.6 cm³/mol. The van der Waals surface area contributed by atoms with Crippen molar-refractivity contribution in [3.05, 3.63) is 42.0 Å². The van der Waals surface area contributed by atoms with E-state index in [4.69, 9.17) is 10.8 Å². The molecule has 0 saturated heterocycles. The standard InChI is InChI=1S/C16H12F7N3O5S/c17-9-3-7(31-16(21,22)23)1-2-11(9)32(29,30)8-4-10(24)13(25-5-8)14(28)26-6-12(27)15(18,19)20/h1-5,12,27H,6,24H2,(H,26,28)/t12-/m1/s1. The van der Waals surface area contributed by atoms with Crippen LogP contribution in [0.2, 0.25) is 0 Å². The molecule has 1 atom stereocenters. The van der Waals surface area contributed by atoms with Crippen LogP contribution >= 0.6 is 0 Å². The number of nitrogens with two attached hydrogens (primary N) is 1. The maximum Gasteiger partial charge on any atom is 0.573 e. The third kappa shape index (κ3) is 5.97. The average Bonchev–Trinajstić information content (AvgIpc) is 2.63. The third-order valence-electron chi connectivity index (χ3n) is 3.68. The fourth-order valence-electron chi connectivity index (χ4n) is 2.21. The molecule has 0 saturated carbocycles. The number of carbonyl (C=O) groups excluding carboxylic acids is 1. The van der Waals surface area contributed by atoms with Crippen LogP contribution in [0.5, 0.6) is 5.75 Å². The number of halogens is 7. The van der Waals surface area contributed by atoms with Crippen LogP contribution in [0.3, 0.4) is 0 Å². The van der Waals surface area contributed by atoms with E-state index in [0.29, 0.717) is 24.4 Å². The minimum Gasteiger partial charge on any atom is -0.406 e. The maximum atomic E-state index is 14.1. The van der Waals surface area contributed by atoms with Gasteiger partial charge in [0.05, 0.1) is 17.1 Å². The molecule has 1 amide bonds. The molecule has 1 heterocycles. The number of amides is 1. The Morgan fingerprint density at radius 1 is 1.19 bits per heavy atom. The summed E-state index contributed by atoms with van der Waals surface area (Å²) in [6, 6.07) is 1.89. The molecule has 0 radical (unpaired) electrons. The third-order valence-corrected chi connectivity index (χ3v) is 5.43. The molecule has 0 aliphatic rings. The van der Waals surface area contributed by atoms with Crippen LogP contribution in [0.25, 0.3) is 0 Å². The molecule has 0 aliphatic heterocycles. The highest BCUT2D eigenvalue weighted by Crippen LogP contribution is 2.30. The van der Waals surface area contributed by atoms with Gasteiger partial charge >= 0.3 is 12.5 Å². The van der Waals surface area contributed by atoms with Gasteiger partial charge in [0.1, 0.15) is 16.5 Å². The van der Waals surface area contributed by atoms with Crippen molar-refractivity contribution in [1.82, 2.24) is 10.3 Å². The first-order chi connectivity index (χ1) is 14.5. The number of anilines is 1. The Balaban J connectivity index is 2.27. The number of nitrogens with zero attached hydrogens (tertiary/aromatic N) is 1. The molecule has 0 spiro atoms. The minimum absolute atomic E-state index is 0.185. The highest BCUT2D eigenvalue weighted by Gasteiger charge is 2.38. The lowest BCUT2D eigenvalue weighted by Crippen LogP contribution is -2.41. The van der Waals surface area contributed by atoms with Gasteiger partial charge in [-0.25, -0.2) is 17.8 Å². The van der Waals surface area contributed by atoms with Crippen molar-refractivity contribution in [2.75, 3.05) is 12.3 Å². The van der Waals surface area contributed by atoms with E-state index in [1.165, 1.54) is 0 Å². The smallest absolute Gasteiger partial charge is 0.406 e. The molecule has 2 aromatic rings. The second-order valence-corrected chi connectivity index (χ2v) is 7.94. The molecule has 0 fully saturated rings. The summed E-state index contributed by atoms with van der Waals surface area (Å²) >= 11 is 0. The second kappa shape index (κ2) is 8.78. The SMILES string of the molecule is Nc1cc(S(=O)(=O)c2ccc(OC(F)(F)F)cc2F)cnc1C(=O)NC[C@@H](O)C(F)(F)F. The highest BCUT2D eigenvalue weighted by atomic mass is 32.2. The number of sulfone groups is 1. The predicted octanol–water partition coefficient (Wildman–Crippen LogP) is 2.19. The molecular weight excluding hydrogens is 479 g/mol. The summed E-state index contributed by atoms with van der Waals surface area (Å²) in [6.45, 7) is -1.24. The summed E-state index contributed by atoms with van der Waals surface area (Å²) in [4.78, 5) is 13.5. The van der Waals surface area contributed by atoms with Gasteiger partial charge in [-0.15, -0.1) is 13.2 Å². The van der Waals surface area contributed by atoms with Crippen molar-refractivity contribution in [1.29, 1.82) is 0 Å². The lowest BCUT2D eigenvalue weighted by molar-refractivity contribution is -0.274. The van der Waals surface area contributed by atoms with Gasteiger partial charge in [0.15, 0.2) is 11.8 Å². The van der Waals surface area contributed by atoms with Gasteiger partial charge in [-0.1, -0.05) is 0 Å². The van der Waals surface area contributed by atoms with Crippen LogP contribution < -0.4 is 15.8 Å². The number of alkyl halides is 6. The van der Waals surface area contributed by atoms with E-state index in [1.54, 1.807) is 5.32 Å². The number of aliphatic hydroxyl groups is 1. The van der Waals surface area contributed by atoms with Gasteiger partial charge in [0, 0.05) is 12.3 Å². The Labute approximate surface area is 174 Å². The van der Waals surface area contributed by atoms with Crippen LogP contribution in [0, 0.1) is 5.82 Å². The zero-order valence-electron chi connectivity index (χ0n) is 15.3. The maximum absolute atomic E-state index is 14.1. The van der Waals surface area contributed by atoms with Crippen LogP contribution in [-0.4, -0.2) is 49.6 Å². The molecule has 0 unspecified atom stereocenters. The van der Waals surface area contributed by atoms with Crippen molar-refractivity contribution in [3.63, 3.8) is 0 Å². The normalized spacial score (nSPS) is 13.5. The minimum atomic E-state index is -5.14. The quantitative estimate of drug-likeness (QED) is 0.528. The Hall–Kier alpha value is -3.14. The number of hydrogen-bond acceptors (Lipinski definition) is 7. The average molecular weight is 491 g/mol. The topological polar surface area (TPSA) is 132 Å². The lowest BCUT2D eigenvalue weighted by Gasteiger charge is -2.15. The van der Waals surface area contributed by atoms with Crippen LogP contribution in [0.1, 0.15) is 10.5 Å².